The van der Waals surface area contributed by atoms with Crippen molar-refractivity contribution in [1.29, 1.82) is 0 Å². The third kappa shape index (κ3) is 3.97. The fourth-order valence-electron chi connectivity index (χ4n) is 1.24. The van der Waals surface area contributed by atoms with Crippen LogP contribution in [0, 0.1) is 0 Å². The number of benzene rings is 1. The van der Waals surface area contributed by atoms with Crippen LogP contribution < -0.4 is 4.74 Å². The number of nitrogens with zero attached hydrogens (tertiary/aromatic N) is 1. The summed E-state index contributed by atoms with van der Waals surface area (Å²) >= 11 is 0. The van der Waals surface area contributed by atoms with E-state index in [1.54, 1.807) is 0 Å². The Morgan fingerprint density at radius 3 is 2.47 bits per heavy atom. The monoisotopic (exact) mass is 275 g/mol. The van der Waals surface area contributed by atoms with Crippen LogP contribution in [0.15, 0.2) is 18.2 Å². The zero-order valence-corrected chi connectivity index (χ0v) is 10.3. The number of hydrogen-bond acceptors (Lipinski definition) is 3. The van der Waals surface area contributed by atoms with Gasteiger partial charge in [0.05, 0.1) is 5.56 Å². The molecule has 0 aliphatic rings. The molecule has 4 nitrogen and oxygen atoms in total. The van der Waals surface area contributed by atoms with Crippen molar-refractivity contribution in [3.8, 4) is 5.75 Å². The summed E-state index contributed by atoms with van der Waals surface area (Å²) < 4.78 is 43.1. The molecule has 0 N–H and O–H groups in total. The van der Waals surface area contributed by atoms with E-state index in [4.69, 9.17) is 4.74 Å². The maximum Gasteiger partial charge on any atom is 0.419 e. The lowest BCUT2D eigenvalue weighted by molar-refractivity contribution is -0.140. The Labute approximate surface area is 107 Å². The maximum atomic E-state index is 12.8. The Morgan fingerprint density at radius 1 is 1.37 bits per heavy atom. The van der Waals surface area contributed by atoms with Gasteiger partial charge in [0, 0.05) is 19.7 Å². The number of carbonyl (C=O) groups is 2. The van der Waals surface area contributed by atoms with Crippen molar-refractivity contribution < 1.29 is 27.5 Å². The van der Waals surface area contributed by atoms with Crippen molar-refractivity contribution in [2.45, 2.75) is 6.18 Å². The van der Waals surface area contributed by atoms with E-state index >= 15 is 0 Å². The molecule has 0 aromatic heterocycles. The van der Waals surface area contributed by atoms with E-state index < -0.39 is 30.0 Å². The van der Waals surface area contributed by atoms with Gasteiger partial charge in [0.15, 0.2) is 6.61 Å². The Kier molecular flexibility index (Phi) is 4.52. The minimum atomic E-state index is -4.66. The molecule has 104 valence electrons. The summed E-state index contributed by atoms with van der Waals surface area (Å²) in [4.78, 5) is 22.9. The van der Waals surface area contributed by atoms with Crippen LogP contribution in [0.3, 0.4) is 0 Å². The predicted molar refractivity (Wildman–Crippen MR) is 61.0 cm³/mol. The van der Waals surface area contributed by atoms with Gasteiger partial charge in [-0.15, -0.1) is 0 Å². The van der Waals surface area contributed by atoms with Crippen LogP contribution in [0.25, 0.3) is 0 Å². The number of likely N-dealkylation sites (N-methyl/N-ethyl adjacent to an activating group) is 1. The first-order valence-electron chi connectivity index (χ1n) is 5.25. The standard InChI is InChI=1S/C12H12F3NO3/c1-16(2)11(18)7-19-10-4-3-8(6-17)5-9(10)12(13,14)15/h3-6H,7H2,1-2H3. The van der Waals surface area contributed by atoms with Crippen LogP contribution in [0.5, 0.6) is 5.75 Å². The molecule has 1 aromatic rings. The van der Waals surface area contributed by atoms with Crippen molar-refractivity contribution in [1.82, 2.24) is 4.90 Å². The quantitative estimate of drug-likeness (QED) is 0.789. The SMILES string of the molecule is CN(C)C(=O)COc1ccc(C=O)cc1C(F)(F)F. The van der Waals surface area contributed by atoms with Crippen LogP contribution in [0.2, 0.25) is 0 Å². The fraction of sp³-hybridized carbons (Fsp3) is 0.333. The molecule has 0 aliphatic carbocycles. The van der Waals surface area contributed by atoms with Gasteiger partial charge < -0.3 is 9.64 Å². The van der Waals surface area contributed by atoms with Gasteiger partial charge in [-0.3, -0.25) is 9.59 Å². The van der Waals surface area contributed by atoms with E-state index in [-0.39, 0.29) is 5.56 Å². The van der Waals surface area contributed by atoms with Gasteiger partial charge in [-0.2, -0.15) is 13.2 Å². The molecule has 0 bridgehead atoms. The van der Waals surface area contributed by atoms with Crippen molar-refractivity contribution in [3.63, 3.8) is 0 Å². The highest BCUT2D eigenvalue weighted by Crippen LogP contribution is 2.36. The van der Waals surface area contributed by atoms with E-state index in [0.717, 1.165) is 6.07 Å². The lowest BCUT2D eigenvalue weighted by atomic mass is 10.1. The first kappa shape index (κ1) is 15.0. The summed E-state index contributed by atoms with van der Waals surface area (Å²) in [7, 11) is 2.93. The fourth-order valence-corrected chi connectivity index (χ4v) is 1.24. The van der Waals surface area contributed by atoms with Crippen LogP contribution in [-0.2, 0) is 11.0 Å². The lowest BCUT2D eigenvalue weighted by Crippen LogP contribution is -2.28. The maximum absolute atomic E-state index is 12.8. The van der Waals surface area contributed by atoms with Gasteiger partial charge >= 0.3 is 6.18 Å². The number of hydrogen-bond donors (Lipinski definition) is 0. The van der Waals surface area contributed by atoms with E-state index in [0.29, 0.717) is 12.4 Å². The highest BCUT2D eigenvalue weighted by atomic mass is 19.4. The average molecular weight is 275 g/mol. The Bertz CT molecular complexity index is 484. The summed E-state index contributed by atoms with van der Waals surface area (Å²) in [6.45, 7) is -0.503. The minimum Gasteiger partial charge on any atom is -0.483 e. The molecule has 0 saturated carbocycles. The summed E-state index contributed by atoms with van der Waals surface area (Å²) in [5.41, 5.74) is -1.19. The van der Waals surface area contributed by atoms with E-state index in [1.165, 1.54) is 25.1 Å². The van der Waals surface area contributed by atoms with Gasteiger partial charge in [0.1, 0.15) is 12.0 Å². The second kappa shape index (κ2) is 5.73. The summed E-state index contributed by atoms with van der Waals surface area (Å²) in [6.07, 6.45) is -4.35. The number of aldehydes is 1. The summed E-state index contributed by atoms with van der Waals surface area (Å²) in [5, 5.41) is 0. The average Bonchev–Trinajstić information content (AvgIpc) is 2.34. The smallest absolute Gasteiger partial charge is 0.419 e. The van der Waals surface area contributed by atoms with Crippen LogP contribution in [-0.4, -0.2) is 37.8 Å². The van der Waals surface area contributed by atoms with Crippen LogP contribution >= 0.6 is 0 Å². The topological polar surface area (TPSA) is 46.6 Å². The number of amides is 1. The largest absolute Gasteiger partial charge is 0.483 e. The van der Waals surface area contributed by atoms with Crippen molar-refractivity contribution in [3.05, 3.63) is 29.3 Å². The third-order valence-corrected chi connectivity index (χ3v) is 2.30. The zero-order valence-electron chi connectivity index (χ0n) is 10.3. The van der Waals surface area contributed by atoms with Crippen molar-refractivity contribution in [2.75, 3.05) is 20.7 Å². The minimum absolute atomic E-state index is 0.112. The van der Waals surface area contributed by atoms with E-state index in [9.17, 15) is 22.8 Å². The van der Waals surface area contributed by atoms with Gasteiger partial charge in [0.25, 0.3) is 5.91 Å². The van der Waals surface area contributed by atoms with Gasteiger partial charge in [-0.05, 0) is 18.2 Å². The number of rotatable bonds is 4. The molecular weight excluding hydrogens is 263 g/mol. The molecule has 19 heavy (non-hydrogen) atoms. The number of halogens is 3. The zero-order chi connectivity index (χ0) is 14.6. The highest BCUT2D eigenvalue weighted by Gasteiger charge is 2.34. The molecule has 0 heterocycles. The molecule has 1 rings (SSSR count). The number of carbonyl (C=O) groups excluding carboxylic acids is 2. The molecule has 0 unspecified atom stereocenters. The molecule has 0 fully saturated rings. The first-order chi connectivity index (χ1) is 8.75. The third-order valence-electron chi connectivity index (χ3n) is 2.30. The van der Waals surface area contributed by atoms with Crippen LogP contribution in [0.4, 0.5) is 13.2 Å². The van der Waals surface area contributed by atoms with E-state index in [2.05, 4.69) is 0 Å². The number of alkyl halides is 3. The Balaban J connectivity index is 3.00. The molecule has 0 radical (unpaired) electrons. The molecule has 1 amide bonds. The Hall–Kier alpha value is -2.05. The molecule has 0 spiro atoms. The molecule has 1 aromatic carbocycles. The normalized spacial score (nSPS) is 11.0. The summed E-state index contributed by atoms with van der Waals surface area (Å²) in [5.74, 6) is -0.944. The Morgan fingerprint density at radius 2 is 2.00 bits per heavy atom. The second-order valence-corrected chi connectivity index (χ2v) is 3.95. The van der Waals surface area contributed by atoms with Crippen LogP contribution in [0.1, 0.15) is 15.9 Å². The van der Waals surface area contributed by atoms with E-state index in [1.807, 2.05) is 0 Å². The molecule has 0 saturated heterocycles. The van der Waals surface area contributed by atoms with Gasteiger partial charge in [-0.1, -0.05) is 0 Å². The predicted octanol–water partition coefficient (Wildman–Crippen LogP) is 1.98. The molecular formula is C12H12F3NO3. The van der Waals surface area contributed by atoms with Gasteiger partial charge in [0.2, 0.25) is 0 Å². The van der Waals surface area contributed by atoms with Gasteiger partial charge in [-0.25, -0.2) is 0 Å². The molecule has 0 atom stereocenters. The van der Waals surface area contributed by atoms with Crippen molar-refractivity contribution >= 4 is 12.2 Å². The molecule has 7 heteroatoms. The first-order valence-corrected chi connectivity index (χ1v) is 5.25. The highest BCUT2D eigenvalue weighted by molar-refractivity contribution is 5.77. The summed E-state index contributed by atoms with van der Waals surface area (Å²) in [6, 6.07) is 2.90. The van der Waals surface area contributed by atoms with Crippen molar-refractivity contribution in [2.24, 2.45) is 0 Å². The molecule has 0 aliphatic heterocycles. The number of ether oxygens (including phenoxy) is 1. The lowest BCUT2D eigenvalue weighted by Gasteiger charge is -2.15. The second-order valence-electron chi connectivity index (χ2n) is 3.95.